The second kappa shape index (κ2) is 5.29. The Bertz CT molecular complexity index is 719. The van der Waals surface area contributed by atoms with Crippen LogP contribution in [0.25, 0.3) is 22.9 Å². The molecular formula is C18H13Cl. The molecule has 3 aromatic carbocycles. The zero-order valence-corrected chi connectivity index (χ0v) is 11.1. The van der Waals surface area contributed by atoms with Gasteiger partial charge in [0, 0.05) is 5.02 Å². The van der Waals surface area contributed by atoms with Crippen molar-refractivity contribution in [1.29, 1.82) is 0 Å². The summed E-state index contributed by atoms with van der Waals surface area (Å²) in [6.45, 7) is 0. The van der Waals surface area contributed by atoms with Crippen LogP contribution in [0, 0.1) is 0 Å². The third-order valence-electron chi connectivity index (χ3n) is 3.15. The molecule has 0 aromatic heterocycles. The highest BCUT2D eigenvalue weighted by molar-refractivity contribution is 6.30. The van der Waals surface area contributed by atoms with E-state index in [0.29, 0.717) is 0 Å². The minimum absolute atomic E-state index is 0.766. The highest BCUT2D eigenvalue weighted by Crippen LogP contribution is 2.21. The van der Waals surface area contributed by atoms with Gasteiger partial charge in [-0.25, -0.2) is 0 Å². The van der Waals surface area contributed by atoms with Gasteiger partial charge in [0.15, 0.2) is 0 Å². The monoisotopic (exact) mass is 264 g/mol. The fraction of sp³-hybridized carbons (Fsp3) is 0. The van der Waals surface area contributed by atoms with Crippen LogP contribution in [-0.4, -0.2) is 0 Å². The molecule has 0 amide bonds. The van der Waals surface area contributed by atoms with Gasteiger partial charge in [-0.2, -0.15) is 0 Å². The maximum Gasteiger partial charge on any atom is 0.0406 e. The van der Waals surface area contributed by atoms with Gasteiger partial charge in [0.2, 0.25) is 0 Å². The van der Waals surface area contributed by atoms with Crippen molar-refractivity contribution in [2.45, 2.75) is 0 Å². The van der Waals surface area contributed by atoms with Crippen LogP contribution in [0.2, 0.25) is 5.02 Å². The van der Waals surface area contributed by atoms with E-state index in [-0.39, 0.29) is 0 Å². The fourth-order valence-electron chi connectivity index (χ4n) is 2.16. The van der Waals surface area contributed by atoms with Gasteiger partial charge < -0.3 is 0 Å². The summed E-state index contributed by atoms with van der Waals surface area (Å²) in [4.78, 5) is 0. The summed E-state index contributed by atoms with van der Waals surface area (Å²) in [5.74, 6) is 0. The second-order valence-corrected chi connectivity index (χ2v) is 4.89. The molecule has 0 N–H and O–H groups in total. The molecule has 0 aliphatic rings. The van der Waals surface area contributed by atoms with Gasteiger partial charge in [0.25, 0.3) is 0 Å². The predicted octanol–water partition coefficient (Wildman–Crippen LogP) is 5.66. The molecular weight excluding hydrogens is 252 g/mol. The normalized spacial score (nSPS) is 11.2. The van der Waals surface area contributed by atoms with Crippen molar-refractivity contribution in [1.82, 2.24) is 0 Å². The molecule has 0 bridgehead atoms. The van der Waals surface area contributed by atoms with E-state index in [4.69, 9.17) is 11.6 Å². The van der Waals surface area contributed by atoms with Crippen molar-refractivity contribution >= 4 is 34.5 Å². The van der Waals surface area contributed by atoms with E-state index in [9.17, 15) is 0 Å². The molecule has 0 nitrogen and oxygen atoms in total. The molecule has 0 atom stereocenters. The zero-order chi connectivity index (χ0) is 13.1. The highest BCUT2D eigenvalue weighted by Gasteiger charge is 1.96. The predicted molar refractivity (Wildman–Crippen MR) is 84.3 cm³/mol. The van der Waals surface area contributed by atoms with Gasteiger partial charge in [0.1, 0.15) is 0 Å². The van der Waals surface area contributed by atoms with E-state index in [1.165, 1.54) is 16.3 Å². The number of fused-ring (bicyclic) bond motifs is 1. The summed E-state index contributed by atoms with van der Waals surface area (Å²) in [7, 11) is 0. The van der Waals surface area contributed by atoms with E-state index in [1.807, 2.05) is 24.3 Å². The number of benzene rings is 3. The average Bonchev–Trinajstić information content (AvgIpc) is 2.47. The van der Waals surface area contributed by atoms with Crippen LogP contribution >= 0.6 is 11.6 Å². The van der Waals surface area contributed by atoms with Gasteiger partial charge in [-0.1, -0.05) is 78.4 Å². The van der Waals surface area contributed by atoms with Crippen molar-refractivity contribution < 1.29 is 0 Å². The van der Waals surface area contributed by atoms with E-state index in [1.54, 1.807) is 0 Å². The van der Waals surface area contributed by atoms with Crippen LogP contribution in [0.3, 0.4) is 0 Å². The van der Waals surface area contributed by atoms with E-state index >= 15 is 0 Å². The third-order valence-corrected chi connectivity index (χ3v) is 3.40. The van der Waals surface area contributed by atoms with Crippen LogP contribution in [0.4, 0.5) is 0 Å². The molecule has 0 saturated heterocycles. The maximum atomic E-state index is 5.88. The van der Waals surface area contributed by atoms with Crippen molar-refractivity contribution in [3.05, 3.63) is 82.9 Å². The molecule has 19 heavy (non-hydrogen) atoms. The summed E-state index contributed by atoms with van der Waals surface area (Å²) in [6, 6.07) is 22.6. The largest absolute Gasteiger partial charge is 0.0843 e. The molecule has 3 aromatic rings. The Balaban J connectivity index is 1.99. The van der Waals surface area contributed by atoms with Gasteiger partial charge >= 0.3 is 0 Å². The Morgan fingerprint density at radius 1 is 0.684 bits per heavy atom. The SMILES string of the molecule is Clc1ccc(/C=C/c2cccc3ccccc23)cc1. The molecule has 3 rings (SSSR count). The minimum Gasteiger partial charge on any atom is -0.0843 e. The molecule has 0 unspecified atom stereocenters. The fourth-order valence-corrected chi connectivity index (χ4v) is 2.28. The molecule has 1 heteroatoms. The molecule has 92 valence electrons. The lowest BCUT2D eigenvalue weighted by atomic mass is 10.0. The zero-order valence-electron chi connectivity index (χ0n) is 10.4. The molecule has 0 aliphatic carbocycles. The summed E-state index contributed by atoms with van der Waals surface area (Å²) in [5, 5.41) is 3.30. The first-order valence-electron chi connectivity index (χ1n) is 6.24. The Kier molecular flexibility index (Phi) is 3.35. The van der Waals surface area contributed by atoms with E-state index in [0.717, 1.165) is 10.6 Å². The number of hydrogen-bond donors (Lipinski definition) is 0. The van der Waals surface area contributed by atoms with Gasteiger partial charge in [-0.05, 0) is 34.0 Å². The second-order valence-electron chi connectivity index (χ2n) is 4.45. The highest BCUT2D eigenvalue weighted by atomic mass is 35.5. The smallest absolute Gasteiger partial charge is 0.0406 e. The number of rotatable bonds is 2. The Hall–Kier alpha value is -2.05. The lowest BCUT2D eigenvalue weighted by Gasteiger charge is -2.01. The van der Waals surface area contributed by atoms with Crippen LogP contribution in [-0.2, 0) is 0 Å². The molecule has 0 spiro atoms. The number of halogens is 1. The quantitative estimate of drug-likeness (QED) is 0.524. The minimum atomic E-state index is 0.766. The molecule has 0 radical (unpaired) electrons. The standard InChI is InChI=1S/C18H13Cl/c19-17-12-9-14(10-13-17)8-11-16-6-3-5-15-4-1-2-7-18(15)16/h1-13H/b11-8+. The first kappa shape index (κ1) is 12.0. The van der Waals surface area contributed by atoms with E-state index < -0.39 is 0 Å². The lowest BCUT2D eigenvalue weighted by molar-refractivity contribution is 1.66. The topological polar surface area (TPSA) is 0 Å². The molecule has 0 saturated carbocycles. The van der Waals surface area contributed by atoms with Crippen molar-refractivity contribution in [3.63, 3.8) is 0 Å². The maximum absolute atomic E-state index is 5.88. The summed E-state index contributed by atoms with van der Waals surface area (Å²) in [5.41, 5.74) is 2.38. The Morgan fingerprint density at radius 2 is 1.42 bits per heavy atom. The van der Waals surface area contributed by atoms with Crippen molar-refractivity contribution in [2.24, 2.45) is 0 Å². The molecule has 0 heterocycles. The Labute approximate surface area is 118 Å². The first-order chi connectivity index (χ1) is 9.33. The van der Waals surface area contributed by atoms with Crippen LogP contribution in [0.5, 0.6) is 0 Å². The van der Waals surface area contributed by atoms with Crippen LogP contribution in [0.15, 0.2) is 66.7 Å². The summed E-state index contributed by atoms with van der Waals surface area (Å²) in [6.07, 6.45) is 4.25. The summed E-state index contributed by atoms with van der Waals surface area (Å²) >= 11 is 5.88. The van der Waals surface area contributed by atoms with Crippen molar-refractivity contribution in [2.75, 3.05) is 0 Å². The van der Waals surface area contributed by atoms with Crippen LogP contribution < -0.4 is 0 Å². The van der Waals surface area contributed by atoms with Crippen molar-refractivity contribution in [3.8, 4) is 0 Å². The molecule has 0 fully saturated rings. The molecule has 0 aliphatic heterocycles. The van der Waals surface area contributed by atoms with Gasteiger partial charge in [-0.15, -0.1) is 0 Å². The lowest BCUT2D eigenvalue weighted by Crippen LogP contribution is -1.77. The number of hydrogen-bond acceptors (Lipinski definition) is 0. The first-order valence-corrected chi connectivity index (χ1v) is 6.62. The average molecular weight is 265 g/mol. The third kappa shape index (κ3) is 2.69. The van der Waals surface area contributed by atoms with Crippen LogP contribution in [0.1, 0.15) is 11.1 Å². The summed E-state index contributed by atoms with van der Waals surface area (Å²) < 4.78 is 0. The Morgan fingerprint density at radius 3 is 2.26 bits per heavy atom. The van der Waals surface area contributed by atoms with Gasteiger partial charge in [0.05, 0.1) is 0 Å². The van der Waals surface area contributed by atoms with Gasteiger partial charge in [-0.3, -0.25) is 0 Å². The van der Waals surface area contributed by atoms with E-state index in [2.05, 4.69) is 54.6 Å².